The third kappa shape index (κ3) is 3.47. The Balaban J connectivity index is 0.00000225. The van der Waals surface area contributed by atoms with Gasteiger partial charge in [-0.25, -0.2) is 9.37 Å². The Bertz CT molecular complexity index is 1020. The maximum absolute atomic E-state index is 13.3. The van der Waals surface area contributed by atoms with E-state index in [2.05, 4.69) is 17.1 Å². The number of hydrogen-bond acceptors (Lipinski definition) is 5. The molecule has 1 aromatic carbocycles. The van der Waals surface area contributed by atoms with E-state index in [-0.39, 0.29) is 29.5 Å². The van der Waals surface area contributed by atoms with Gasteiger partial charge in [0.1, 0.15) is 5.82 Å². The number of aromatic nitrogens is 2. The van der Waals surface area contributed by atoms with E-state index in [0.29, 0.717) is 53.2 Å². The number of halogens is 2. The average Bonchev–Trinajstić information content (AvgIpc) is 3.25. The van der Waals surface area contributed by atoms with Crippen LogP contribution in [0.25, 0.3) is 22.4 Å². The summed E-state index contributed by atoms with van der Waals surface area (Å²) in [4.78, 5) is 19.6. The van der Waals surface area contributed by atoms with Crippen molar-refractivity contribution in [3.8, 4) is 11.3 Å². The van der Waals surface area contributed by atoms with Crippen LogP contribution in [0.4, 0.5) is 4.39 Å². The first-order valence-electron chi connectivity index (χ1n) is 8.92. The van der Waals surface area contributed by atoms with Crippen molar-refractivity contribution >= 4 is 29.4 Å². The number of amides is 1. The van der Waals surface area contributed by atoms with Crippen LogP contribution >= 0.6 is 12.4 Å². The molecule has 28 heavy (non-hydrogen) atoms. The second-order valence-electron chi connectivity index (χ2n) is 7.50. The van der Waals surface area contributed by atoms with Gasteiger partial charge in [-0.2, -0.15) is 0 Å². The lowest BCUT2D eigenvalue weighted by atomic mass is 9.90. The number of benzene rings is 1. The third-order valence-electron chi connectivity index (χ3n) is 5.33. The van der Waals surface area contributed by atoms with Crippen molar-refractivity contribution in [3.63, 3.8) is 0 Å². The number of carbonyl (C=O) groups is 1. The maximum atomic E-state index is 13.3. The molecular formula is C20H22ClFN4O2. The van der Waals surface area contributed by atoms with E-state index < -0.39 is 0 Å². The van der Waals surface area contributed by atoms with Gasteiger partial charge in [0.25, 0.3) is 11.6 Å². The molecule has 2 aromatic heterocycles. The molecule has 1 saturated heterocycles. The predicted octanol–water partition coefficient (Wildman–Crippen LogP) is 3.57. The van der Waals surface area contributed by atoms with E-state index in [4.69, 9.17) is 10.3 Å². The number of hydrogen-bond donors (Lipinski definition) is 1. The van der Waals surface area contributed by atoms with Crippen LogP contribution in [-0.2, 0) is 0 Å². The molecule has 0 radical (unpaired) electrons. The summed E-state index contributed by atoms with van der Waals surface area (Å²) in [5.74, 6) is -0.418. The number of aryl methyl sites for hydroxylation is 1. The molecule has 0 bridgehead atoms. The number of rotatable bonds is 3. The van der Waals surface area contributed by atoms with Crippen molar-refractivity contribution in [1.82, 2.24) is 15.0 Å². The Morgan fingerprint density at radius 2 is 2.07 bits per heavy atom. The molecule has 6 nitrogen and oxygen atoms in total. The van der Waals surface area contributed by atoms with Gasteiger partial charge in [-0.05, 0) is 55.6 Å². The monoisotopic (exact) mass is 404 g/mol. The summed E-state index contributed by atoms with van der Waals surface area (Å²) in [6.45, 7) is 5.69. The second-order valence-corrected chi connectivity index (χ2v) is 7.50. The molecule has 0 spiro atoms. The molecule has 148 valence electrons. The highest BCUT2D eigenvalue weighted by Crippen LogP contribution is 2.32. The fraction of sp³-hybridized carbons (Fsp3) is 0.350. The van der Waals surface area contributed by atoms with Gasteiger partial charge in [0.15, 0.2) is 0 Å². The Morgan fingerprint density at radius 1 is 1.36 bits per heavy atom. The first-order valence-corrected chi connectivity index (χ1v) is 8.92. The summed E-state index contributed by atoms with van der Waals surface area (Å²) >= 11 is 0. The van der Waals surface area contributed by atoms with E-state index in [0.717, 1.165) is 6.42 Å². The molecule has 1 amide bonds. The molecule has 2 N–H and O–H groups in total. The molecule has 1 unspecified atom stereocenters. The van der Waals surface area contributed by atoms with Crippen molar-refractivity contribution in [2.75, 3.05) is 19.6 Å². The summed E-state index contributed by atoms with van der Waals surface area (Å²) in [5.41, 5.74) is 8.48. The smallest absolute Gasteiger partial charge is 0.259 e. The van der Waals surface area contributed by atoms with E-state index in [1.807, 2.05) is 4.90 Å². The van der Waals surface area contributed by atoms with Crippen molar-refractivity contribution in [3.05, 3.63) is 47.4 Å². The highest BCUT2D eigenvalue weighted by Gasteiger charge is 2.36. The van der Waals surface area contributed by atoms with Crippen LogP contribution in [0.1, 0.15) is 29.4 Å². The topological polar surface area (TPSA) is 85.2 Å². The minimum absolute atomic E-state index is 0. The molecule has 8 heteroatoms. The van der Waals surface area contributed by atoms with Crippen molar-refractivity contribution < 1.29 is 13.7 Å². The van der Waals surface area contributed by atoms with Crippen LogP contribution < -0.4 is 5.73 Å². The summed E-state index contributed by atoms with van der Waals surface area (Å²) in [6, 6.07) is 7.72. The van der Waals surface area contributed by atoms with Gasteiger partial charge in [-0.1, -0.05) is 12.1 Å². The van der Waals surface area contributed by atoms with Gasteiger partial charge in [0.2, 0.25) is 0 Å². The summed E-state index contributed by atoms with van der Waals surface area (Å²) in [7, 11) is 0. The number of likely N-dealkylation sites (tertiary alicyclic amines) is 1. The summed E-state index contributed by atoms with van der Waals surface area (Å²) < 4.78 is 18.6. The molecule has 3 aromatic rings. The van der Waals surface area contributed by atoms with Crippen LogP contribution in [0.5, 0.6) is 0 Å². The number of carbonyl (C=O) groups excluding carboxylic acids is 1. The fourth-order valence-electron chi connectivity index (χ4n) is 3.57. The minimum Gasteiger partial charge on any atom is -0.338 e. The van der Waals surface area contributed by atoms with Gasteiger partial charge in [-0.3, -0.25) is 4.79 Å². The molecule has 0 aliphatic carbocycles. The van der Waals surface area contributed by atoms with Gasteiger partial charge in [-0.15, -0.1) is 12.4 Å². The van der Waals surface area contributed by atoms with E-state index in [1.165, 1.54) is 12.1 Å². The highest BCUT2D eigenvalue weighted by molar-refractivity contribution is 6.07. The predicted molar refractivity (Wildman–Crippen MR) is 107 cm³/mol. The van der Waals surface area contributed by atoms with E-state index in [1.54, 1.807) is 25.1 Å². The van der Waals surface area contributed by atoms with Crippen molar-refractivity contribution in [2.24, 2.45) is 11.1 Å². The molecule has 1 aliphatic rings. The number of nitrogens with zero attached hydrogens (tertiary/aromatic N) is 3. The van der Waals surface area contributed by atoms with E-state index >= 15 is 0 Å². The maximum Gasteiger partial charge on any atom is 0.259 e. The summed E-state index contributed by atoms with van der Waals surface area (Å²) in [6.07, 6.45) is 0.872. The standard InChI is InChI=1S/C20H21FN4O2.ClH/c1-12-17-15(19(26)25-8-7-20(2,10-22)11-25)9-16(23-18(17)27-24-12)13-3-5-14(21)6-4-13;/h3-6,9H,7-8,10-11,22H2,1-2H3;1H. The summed E-state index contributed by atoms with van der Waals surface area (Å²) in [5, 5.41) is 4.59. The quantitative estimate of drug-likeness (QED) is 0.721. The Labute approximate surface area is 168 Å². The molecule has 1 aliphatic heterocycles. The normalized spacial score (nSPS) is 19.1. The lowest BCUT2D eigenvalue weighted by molar-refractivity contribution is 0.0778. The Morgan fingerprint density at radius 3 is 2.71 bits per heavy atom. The van der Waals surface area contributed by atoms with E-state index in [9.17, 15) is 9.18 Å². The zero-order valence-electron chi connectivity index (χ0n) is 15.7. The van der Waals surface area contributed by atoms with Crippen LogP contribution in [-0.4, -0.2) is 40.6 Å². The van der Waals surface area contributed by atoms with Gasteiger partial charge in [0.05, 0.1) is 22.3 Å². The molecule has 1 atom stereocenters. The number of nitrogens with two attached hydrogens (primary N) is 1. The zero-order chi connectivity index (χ0) is 19.2. The van der Waals surface area contributed by atoms with Crippen LogP contribution in [0, 0.1) is 18.2 Å². The Hall–Kier alpha value is -2.51. The second kappa shape index (κ2) is 7.48. The first-order chi connectivity index (χ1) is 12.9. The van der Waals surface area contributed by atoms with Gasteiger partial charge in [0, 0.05) is 18.7 Å². The SMILES string of the molecule is Cc1noc2nc(-c3ccc(F)cc3)cc(C(=O)N3CCC(C)(CN)C3)c12.Cl. The number of pyridine rings is 1. The largest absolute Gasteiger partial charge is 0.338 e. The van der Waals surface area contributed by atoms with Gasteiger partial charge >= 0.3 is 0 Å². The lowest BCUT2D eigenvalue weighted by Gasteiger charge is -2.22. The highest BCUT2D eigenvalue weighted by atomic mass is 35.5. The zero-order valence-corrected chi connectivity index (χ0v) is 16.6. The lowest BCUT2D eigenvalue weighted by Crippen LogP contribution is -2.34. The van der Waals surface area contributed by atoms with Crippen LogP contribution in [0.15, 0.2) is 34.9 Å². The van der Waals surface area contributed by atoms with Crippen LogP contribution in [0.2, 0.25) is 0 Å². The third-order valence-corrected chi connectivity index (χ3v) is 5.33. The fourth-order valence-corrected chi connectivity index (χ4v) is 3.57. The van der Waals surface area contributed by atoms with Crippen LogP contribution in [0.3, 0.4) is 0 Å². The molecule has 1 fully saturated rings. The molecule has 4 rings (SSSR count). The minimum atomic E-state index is -0.329. The van der Waals surface area contributed by atoms with Crippen molar-refractivity contribution in [2.45, 2.75) is 20.3 Å². The Kier molecular flexibility index (Phi) is 5.41. The number of fused-ring (bicyclic) bond motifs is 1. The first kappa shape index (κ1) is 20.2. The molecule has 3 heterocycles. The van der Waals surface area contributed by atoms with Crippen molar-refractivity contribution in [1.29, 1.82) is 0 Å². The average molecular weight is 405 g/mol. The molecule has 0 saturated carbocycles. The van der Waals surface area contributed by atoms with Gasteiger partial charge < -0.3 is 15.2 Å². The molecular weight excluding hydrogens is 383 g/mol.